The second-order valence-electron chi connectivity index (χ2n) is 4.81. The van der Waals surface area contributed by atoms with Crippen LogP contribution in [0.15, 0.2) is 10.3 Å². The molecule has 3 unspecified atom stereocenters. The molecule has 0 spiro atoms. The predicted molar refractivity (Wildman–Crippen MR) is 67.0 cm³/mol. The van der Waals surface area contributed by atoms with E-state index in [1.165, 1.54) is 6.92 Å². The average Bonchev–Trinajstić information content (AvgIpc) is 2.95. The Balaban J connectivity index is 2.02. The minimum Gasteiger partial charge on any atom is -0.463 e. The minimum atomic E-state index is -2.06. The van der Waals surface area contributed by atoms with Crippen molar-refractivity contribution in [3.63, 3.8) is 0 Å². The number of carbonyl (C=O) groups is 4. The monoisotopic (exact) mass is 328 g/mol. The molecule has 0 radical (unpaired) electrons. The Hall–Kier alpha value is -2.76. The molecule has 2 amide bonds. The van der Waals surface area contributed by atoms with E-state index < -0.39 is 46.9 Å². The molecule has 12 heteroatoms. The normalized spacial score (nSPS) is 27.2. The first-order valence-corrected chi connectivity index (χ1v) is 6.56. The van der Waals surface area contributed by atoms with Gasteiger partial charge in [-0.3, -0.25) is 24.5 Å². The minimum absolute atomic E-state index is 0.0125. The van der Waals surface area contributed by atoms with Gasteiger partial charge >= 0.3 is 17.8 Å². The first-order chi connectivity index (χ1) is 10.8. The van der Waals surface area contributed by atoms with Gasteiger partial charge in [0.1, 0.15) is 11.5 Å². The molecule has 0 aromatic rings. The number of carbonyl (C=O) groups excluding carboxylic acids is 4. The summed E-state index contributed by atoms with van der Waals surface area (Å²) in [6.45, 7) is 1.22. The molecule has 1 saturated heterocycles. The number of Topliss-reactive ketones (excluding diaryl/α,β-unsaturated/α-hetero) is 1. The summed E-state index contributed by atoms with van der Waals surface area (Å²) < 4.78 is 10.2. The van der Waals surface area contributed by atoms with Crippen LogP contribution in [0.1, 0.15) is 19.8 Å². The highest BCUT2D eigenvalue weighted by atomic mass is 16.6. The molecule has 2 aliphatic heterocycles. The second kappa shape index (κ2) is 6.56. The Labute approximate surface area is 128 Å². The summed E-state index contributed by atoms with van der Waals surface area (Å²) in [5.41, 5.74) is 0. The van der Waals surface area contributed by atoms with Crippen molar-refractivity contribution < 1.29 is 33.6 Å². The van der Waals surface area contributed by atoms with E-state index in [1.54, 1.807) is 0 Å². The van der Waals surface area contributed by atoms with Crippen molar-refractivity contribution in [2.45, 2.75) is 38.1 Å². The Bertz CT molecular complexity index is 603. The Morgan fingerprint density at radius 3 is 2.74 bits per heavy atom. The summed E-state index contributed by atoms with van der Waals surface area (Å²) in [5.74, 6) is -4.75. The van der Waals surface area contributed by atoms with E-state index in [1.807, 2.05) is 0 Å². The maximum atomic E-state index is 11.9. The Morgan fingerprint density at radius 2 is 2.13 bits per heavy atom. The molecular weight excluding hydrogens is 316 g/mol. The highest BCUT2D eigenvalue weighted by Gasteiger charge is 2.47. The van der Waals surface area contributed by atoms with Crippen LogP contribution in [0.5, 0.6) is 0 Å². The summed E-state index contributed by atoms with van der Waals surface area (Å²) in [6, 6.07) is -2.06. The molecule has 124 valence electrons. The molecule has 12 nitrogen and oxygen atoms in total. The number of nitro groups is 1. The predicted octanol–water partition coefficient (Wildman–Crippen LogP) is -0.995. The van der Waals surface area contributed by atoms with E-state index in [4.69, 9.17) is 9.47 Å². The van der Waals surface area contributed by atoms with Crippen molar-refractivity contribution in [2.24, 2.45) is 10.3 Å². The summed E-state index contributed by atoms with van der Waals surface area (Å²) in [7, 11) is 0. The second-order valence-corrected chi connectivity index (χ2v) is 4.81. The highest BCUT2D eigenvalue weighted by Crippen LogP contribution is 2.25. The van der Waals surface area contributed by atoms with Crippen LogP contribution in [0.4, 0.5) is 0 Å². The molecule has 0 aliphatic carbocycles. The van der Waals surface area contributed by atoms with Gasteiger partial charge in [-0.25, -0.2) is 4.79 Å². The number of nitrogens with zero attached hydrogens (tertiary/aromatic N) is 4. The van der Waals surface area contributed by atoms with Gasteiger partial charge < -0.3 is 9.47 Å². The van der Waals surface area contributed by atoms with E-state index in [2.05, 4.69) is 10.3 Å². The van der Waals surface area contributed by atoms with Crippen molar-refractivity contribution in [1.82, 2.24) is 5.01 Å². The molecule has 0 aromatic heterocycles. The summed E-state index contributed by atoms with van der Waals surface area (Å²) in [4.78, 5) is 54.6. The standard InChI is InChI=1S/C11H12N4O8/c1-5(16)22-4-6-2-3-7(23-6)14-11(19)9(17)8(12-13-14)10(18)15(20)21/h6-8H,2-4H2,1H3. The number of hydrogen-bond donors (Lipinski definition) is 0. The van der Waals surface area contributed by atoms with Crippen LogP contribution in [0.3, 0.4) is 0 Å². The molecule has 0 bridgehead atoms. The van der Waals surface area contributed by atoms with E-state index in [-0.39, 0.29) is 6.61 Å². The van der Waals surface area contributed by atoms with Gasteiger partial charge in [0, 0.05) is 6.92 Å². The fraction of sp³-hybridized carbons (Fsp3) is 0.636. The lowest BCUT2D eigenvalue weighted by atomic mass is 10.1. The van der Waals surface area contributed by atoms with E-state index in [0.29, 0.717) is 17.9 Å². The van der Waals surface area contributed by atoms with Gasteiger partial charge in [0.05, 0.1) is 6.10 Å². The number of ether oxygens (including phenoxy) is 2. The van der Waals surface area contributed by atoms with E-state index in [0.717, 1.165) is 0 Å². The van der Waals surface area contributed by atoms with Crippen LogP contribution in [0, 0.1) is 10.1 Å². The Morgan fingerprint density at radius 1 is 1.43 bits per heavy atom. The fourth-order valence-electron chi connectivity index (χ4n) is 2.08. The third-order valence-corrected chi connectivity index (χ3v) is 3.17. The summed E-state index contributed by atoms with van der Waals surface area (Å²) in [6.07, 6.45) is -0.636. The molecule has 1 fully saturated rings. The van der Waals surface area contributed by atoms with E-state index in [9.17, 15) is 29.3 Å². The van der Waals surface area contributed by atoms with E-state index >= 15 is 0 Å². The van der Waals surface area contributed by atoms with Gasteiger partial charge in [0.2, 0.25) is 0 Å². The van der Waals surface area contributed by atoms with Crippen LogP contribution in [-0.2, 0) is 28.7 Å². The van der Waals surface area contributed by atoms with Crippen LogP contribution < -0.4 is 0 Å². The van der Waals surface area contributed by atoms with Gasteiger partial charge in [0.25, 0.3) is 11.8 Å². The summed E-state index contributed by atoms with van der Waals surface area (Å²) >= 11 is 0. The molecule has 23 heavy (non-hydrogen) atoms. The molecule has 2 heterocycles. The number of amides is 2. The summed E-state index contributed by atoms with van der Waals surface area (Å²) in [5, 5.41) is 17.6. The molecule has 0 saturated carbocycles. The van der Waals surface area contributed by atoms with Crippen LogP contribution in [0.25, 0.3) is 0 Å². The van der Waals surface area contributed by atoms with Crippen LogP contribution in [-0.4, -0.2) is 58.5 Å². The van der Waals surface area contributed by atoms with Gasteiger partial charge in [-0.15, -0.1) is 5.11 Å². The topological polar surface area (TPSA) is 158 Å². The SMILES string of the molecule is CC(=O)OCC1CCC(N2N=NC(C(=O)[N+](=O)[O-])C(=O)C2=O)O1. The average molecular weight is 328 g/mol. The fourth-order valence-corrected chi connectivity index (χ4v) is 2.08. The number of esters is 1. The van der Waals surface area contributed by atoms with Crippen molar-refractivity contribution in [3.8, 4) is 0 Å². The lowest BCUT2D eigenvalue weighted by Gasteiger charge is -2.25. The van der Waals surface area contributed by atoms with Crippen molar-refractivity contribution in [2.75, 3.05) is 6.61 Å². The molecule has 0 aromatic carbocycles. The molecular formula is C11H12N4O8. The van der Waals surface area contributed by atoms with Crippen molar-refractivity contribution >= 4 is 23.6 Å². The third kappa shape index (κ3) is 3.53. The quantitative estimate of drug-likeness (QED) is 0.209. The van der Waals surface area contributed by atoms with Crippen molar-refractivity contribution in [3.05, 3.63) is 10.1 Å². The number of hydrogen-bond acceptors (Lipinski definition) is 10. The zero-order valence-corrected chi connectivity index (χ0v) is 11.9. The Kier molecular flexibility index (Phi) is 4.74. The first kappa shape index (κ1) is 16.6. The van der Waals surface area contributed by atoms with Crippen LogP contribution >= 0.6 is 0 Å². The zero-order chi connectivity index (χ0) is 17.1. The maximum absolute atomic E-state index is 11.9. The van der Waals surface area contributed by atoms with Gasteiger partial charge in [0.15, 0.2) is 6.23 Å². The van der Waals surface area contributed by atoms with Crippen LogP contribution in [0.2, 0.25) is 0 Å². The molecule has 2 aliphatic rings. The molecule has 0 N–H and O–H groups in total. The number of ketones is 1. The van der Waals surface area contributed by atoms with Gasteiger partial charge in [-0.1, -0.05) is 5.22 Å². The smallest absolute Gasteiger partial charge is 0.463 e. The lowest BCUT2D eigenvalue weighted by molar-refractivity contribution is -0.402. The first-order valence-electron chi connectivity index (χ1n) is 6.56. The highest BCUT2D eigenvalue weighted by molar-refractivity contribution is 6.42. The zero-order valence-electron chi connectivity index (χ0n) is 11.9. The number of rotatable bonds is 4. The van der Waals surface area contributed by atoms with Crippen molar-refractivity contribution in [1.29, 1.82) is 0 Å². The molecule has 2 rings (SSSR count). The molecule has 3 atom stereocenters. The third-order valence-electron chi connectivity index (χ3n) is 3.17. The van der Waals surface area contributed by atoms with Gasteiger partial charge in [-0.2, -0.15) is 5.01 Å². The lowest BCUT2D eigenvalue weighted by Crippen LogP contribution is -2.50. The largest absolute Gasteiger partial charge is 0.478 e. The maximum Gasteiger partial charge on any atom is 0.478 e. The van der Waals surface area contributed by atoms with Gasteiger partial charge in [-0.05, 0) is 12.8 Å².